The molecule has 5 aromatic carbocycles. The van der Waals surface area contributed by atoms with Gasteiger partial charge < -0.3 is 24.9 Å². The number of nitrogens with zero attached hydrogens (tertiary/aromatic N) is 3. The second-order valence-corrected chi connectivity index (χ2v) is 18.1. The molecule has 326 valence electrons. The summed E-state index contributed by atoms with van der Waals surface area (Å²) in [5.41, 5.74) is 4.53. The van der Waals surface area contributed by atoms with Crippen molar-refractivity contribution < 1.29 is 33.5 Å². The number of ether oxygens (including phenoxy) is 2. The van der Waals surface area contributed by atoms with Gasteiger partial charge in [0.05, 0.1) is 0 Å². The van der Waals surface area contributed by atoms with Gasteiger partial charge in [-0.15, -0.1) is 34.9 Å². The van der Waals surface area contributed by atoms with Crippen LogP contribution < -0.4 is 10.6 Å². The Labute approximate surface area is 387 Å². The summed E-state index contributed by atoms with van der Waals surface area (Å²) in [6.45, 7) is 0.158. The largest absolute Gasteiger partial charge is 0.458 e. The second kappa shape index (κ2) is 19.4. The van der Waals surface area contributed by atoms with E-state index in [-0.39, 0.29) is 23.7 Å². The summed E-state index contributed by atoms with van der Waals surface area (Å²) >= 11 is 4.05. The van der Waals surface area contributed by atoms with Gasteiger partial charge in [0, 0.05) is 27.9 Å². The highest BCUT2D eigenvalue weighted by molar-refractivity contribution is 8.06. The third-order valence-electron chi connectivity index (χ3n) is 11.1. The molecule has 3 aliphatic rings. The van der Waals surface area contributed by atoms with E-state index in [9.17, 15) is 19.2 Å². The summed E-state index contributed by atoms with van der Waals surface area (Å²) in [7, 11) is 1.33. The van der Waals surface area contributed by atoms with Crippen LogP contribution in [0.1, 0.15) is 39.6 Å². The minimum atomic E-state index is -1.01. The molecule has 1 saturated heterocycles. The fourth-order valence-electron chi connectivity index (χ4n) is 8.00. The summed E-state index contributed by atoms with van der Waals surface area (Å²) in [5.74, 6) is -1.57. The van der Waals surface area contributed by atoms with Crippen molar-refractivity contribution in [2.45, 2.75) is 23.1 Å². The Morgan fingerprint density at radius 3 is 1.92 bits per heavy atom. The Hall–Kier alpha value is -6.94. The molecule has 6 aromatic rings. The monoisotopic (exact) mass is 919 g/mol. The van der Waals surface area contributed by atoms with Gasteiger partial charge in [0.1, 0.15) is 42.1 Å². The molecule has 2 amide bonds. The van der Waals surface area contributed by atoms with Gasteiger partial charge in [0.25, 0.3) is 11.8 Å². The SMILES string of the molecule is CO/N=C(\C(=O)N[C@@H]1C(=O)N2C(C(=O)OC(c3ccccc3)c3ccccc3)=C(SCC3=CC(=O)OC3)CS[C@H]12)c1csc(NC(c2ccccc2)(c2ccccc2)c2ccccc2)n1. The lowest BCUT2D eigenvalue weighted by Gasteiger charge is -2.49. The number of nitrogens with one attached hydrogen (secondary N) is 2. The summed E-state index contributed by atoms with van der Waals surface area (Å²) in [6.07, 6.45) is 0.675. The molecule has 0 radical (unpaired) electrons. The zero-order valence-electron chi connectivity index (χ0n) is 34.9. The summed E-state index contributed by atoms with van der Waals surface area (Å²) < 4.78 is 11.4. The van der Waals surface area contributed by atoms with Crippen LogP contribution in [-0.2, 0) is 39.0 Å². The standard InChI is InChI=1S/C50H41N5O7S3/c1-60-54-41(38-30-65-49(51-38)53-50(35-21-11-4-12-22-35,36-23-13-5-14-24-36)37-25-15-6-16-26-37)45(57)52-42-46(58)55-43(39(31-64-47(42)55)63-29-32-27-40(56)61-28-32)48(59)62-44(33-17-7-2-8-18-33)34-19-9-3-10-20-34/h2-27,30,42,44,47H,28-29,31H2,1H3,(H,51,53)(H,52,57)/b54-41-/t42-,47-/m1/s1. The number of cyclic esters (lactones) is 1. The van der Waals surface area contributed by atoms with Gasteiger partial charge in [-0.25, -0.2) is 14.6 Å². The van der Waals surface area contributed by atoms with Crippen LogP contribution >= 0.6 is 34.9 Å². The Morgan fingerprint density at radius 1 is 0.846 bits per heavy atom. The highest BCUT2D eigenvalue weighted by Gasteiger charge is 2.55. The average Bonchev–Trinajstić information content (AvgIpc) is 4.01. The molecule has 65 heavy (non-hydrogen) atoms. The van der Waals surface area contributed by atoms with E-state index in [1.54, 1.807) is 5.38 Å². The van der Waals surface area contributed by atoms with E-state index in [1.807, 2.05) is 115 Å². The van der Waals surface area contributed by atoms with Gasteiger partial charge >= 0.3 is 11.9 Å². The summed E-state index contributed by atoms with van der Waals surface area (Å²) in [6, 6.07) is 48.0. The second-order valence-electron chi connectivity index (χ2n) is 15.1. The molecule has 0 spiro atoms. The van der Waals surface area contributed by atoms with Crippen LogP contribution in [0.3, 0.4) is 0 Å². The highest BCUT2D eigenvalue weighted by Crippen LogP contribution is 2.45. The van der Waals surface area contributed by atoms with Crippen LogP contribution in [0.5, 0.6) is 0 Å². The Morgan fingerprint density at radius 2 is 1.40 bits per heavy atom. The first-order valence-electron chi connectivity index (χ1n) is 20.6. The molecule has 2 atom stereocenters. The van der Waals surface area contributed by atoms with Crippen LogP contribution in [0.2, 0.25) is 0 Å². The number of carbonyl (C=O) groups is 4. The molecule has 1 fully saturated rings. The molecule has 2 N–H and O–H groups in total. The van der Waals surface area contributed by atoms with Crippen LogP contribution in [0, 0.1) is 0 Å². The number of benzene rings is 5. The fourth-order valence-corrected chi connectivity index (χ4v) is 11.3. The molecule has 3 aliphatic heterocycles. The lowest BCUT2D eigenvalue weighted by Crippen LogP contribution is -2.71. The number of thiazole rings is 1. The number of carbonyl (C=O) groups excluding carboxylic acids is 4. The quantitative estimate of drug-likeness (QED) is 0.0320. The van der Waals surface area contributed by atoms with E-state index in [0.717, 1.165) is 33.4 Å². The van der Waals surface area contributed by atoms with E-state index < -0.39 is 46.8 Å². The minimum Gasteiger partial charge on any atom is -0.458 e. The van der Waals surface area contributed by atoms with Crippen LogP contribution in [0.25, 0.3) is 0 Å². The highest BCUT2D eigenvalue weighted by atomic mass is 32.2. The number of β-lactam (4-membered cyclic amide) rings is 1. The van der Waals surface area contributed by atoms with E-state index in [1.165, 1.54) is 52.9 Å². The molecular weight excluding hydrogens is 879 g/mol. The summed E-state index contributed by atoms with van der Waals surface area (Å²) in [4.78, 5) is 66.9. The zero-order chi connectivity index (χ0) is 44.8. The molecule has 0 aliphatic carbocycles. The molecule has 0 unspecified atom stereocenters. The van der Waals surface area contributed by atoms with E-state index in [2.05, 4.69) is 52.2 Å². The van der Waals surface area contributed by atoms with E-state index in [0.29, 0.717) is 21.5 Å². The van der Waals surface area contributed by atoms with Crippen LogP contribution in [0.4, 0.5) is 5.13 Å². The molecule has 4 heterocycles. The molecule has 1 aromatic heterocycles. The van der Waals surface area contributed by atoms with Gasteiger partial charge in [0.15, 0.2) is 16.9 Å². The van der Waals surface area contributed by atoms with Crippen LogP contribution in [0.15, 0.2) is 184 Å². The van der Waals surface area contributed by atoms with Gasteiger partial charge in [-0.3, -0.25) is 14.5 Å². The van der Waals surface area contributed by atoms with Crippen molar-refractivity contribution >= 4 is 69.5 Å². The number of rotatable bonds is 16. The fraction of sp³-hybridized carbons (Fsp3) is 0.160. The number of esters is 2. The molecule has 15 heteroatoms. The van der Waals surface area contributed by atoms with Crippen molar-refractivity contribution in [1.82, 2.24) is 15.2 Å². The predicted octanol–water partition coefficient (Wildman–Crippen LogP) is 8.06. The van der Waals surface area contributed by atoms with Crippen molar-refractivity contribution in [2.24, 2.45) is 5.16 Å². The Bertz CT molecular complexity index is 2650. The number of amides is 2. The molecular formula is C50H41N5O7S3. The maximum absolute atomic E-state index is 14.5. The first kappa shape index (κ1) is 43.3. The lowest BCUT2D eigenvalue weighted by molar-refractivity contribution is -0.154. The number of anilines is 1. The zero-order valence-corrected chi connectivity index (χ0v) is 37.3. The van der Waals surface area contributed by atoms with Gasteiger partial charge in [-0.05, 0) is 33.4 Å². The van der Waals surface area contributed by atoms with Crippen molar-refractivity contribution in [3.8, 4) is 0 Å². The van der Waals surface area contributed by atoms with Crippen molar-refractivity contribution in [2.75, 3.05) is 30.5 Å². The van der Waals surface area contributed by atoms with Crippen LogP contribution in [-0.4, -0.2) is 76.0 Å². The third kappa shape index (κ3) is 8.95. The Balaban J connectivity index is 0.979. The molecule has 9 rings (SSSR count). The first-order chi connectivity index (χ1) is 31.8. The number of hydrogen-bond acceptors (Lipinski definition) is 13. The van der Waals surface area contributed by atoms with Gasteiger partial charge in [-0.2, -0.15) is 0 Å². The first-order valence-corrected chi connectivity index (χ1v) is 23.6. The van der Waals surface area contributed by atoms with E-state index >= 15 is 0 Å². The Kier molecular flexibility index (Phi) is 13.0. The maximum atomic E-state index is 14.5. The number of thioether (sulfide) groups is 2. The van der Waals surface area contributed by atoms with Crippen molar-refractivity contribution in [3.05, 3.63) is 213 Å². The minimum absolute atomic E-state index is 0.0942. The summed E-state index contributed by atoms with van der Waals surface area (Å²) in [5, 5.41) is 12.3. The van der Waals surface area contributed by atoms with Crippen molar-refractivity contribution in [3.63, 3.8) is 0 Å². The number of fused-ring (bicyclic) bond motifs is 1. The molecule has 12 nitrogen and oxygen atoms in total. The number of hydrogen-bond donors (Lipinski definition) is 2. The topological polar surface area (TPSA) is 149 Å². The normalized spacial score (nSPS) is 17.2. The smallest absolute Gasteiger partial charge is 0.356 e. The molecule has 0 bridgehead atoms. The number of oxime groups is 1. The maximum Gasteiger partial charge on any atom is 0.356 e. The van der Waals surface area contributed by atoms with Crippen molar-refractivity contribution in [1.29, 1.82) is 0 Å². The molecule has 0 saturated carbocycles. The predicted molar refractivity (Wildman–Crippen MR) is 253 cm³/mol. The lowest BCUT2D eigenvalue weighted by atomic mass is 9.77. The van der Waals surface area contributed by atoms with Gasteiger partial charge in [0.2, 0.25) is 0 Å². The average molecular weight is 920 g/mol. The number of aromatic nitrogens is 1. The third-order valence-corrected chi connectivity index (χ3v) is 14.5. The van der Waals surface area contributed by atoms with Gasteiger partial charge in [-0.1, -0.05) is 157 Å². The van der Waals surface area contributed by atoms with E-state index in [4.69, 9.17) is 19.3 Å².